The molecule has 2 nitrogen and oxygen atoms in total. The van der Waals surface area contributed by atoms with E-state index < -0.39 is 0 Å². The highest BCUT2D eigenvalue weighted by atomic mass is 32.1. The molecule has 0 aromatic heterocycles. The Morgan fingerprint density at radius 2 is 1.64 bits per heavy atom. The van der Waals surface area contributed by atoms with E-state index in [0.29, 0.717) is 6.04 Å². The van der Waals surface area contributed by atoms with E-state index in [1.54, 1.807) is 0 Å². The molecule has 1 aliphatic rings. The van der Waals surface area contributed by atoms with Crippen molar-refractivity contribution in [1.29, 1.82) is 0 Å². The van der Waals surface area contributed by atoms with Gasteiger partial charge in [-0.1, -0.05) is 46.2 Å². The maximum absolute atomic E-state index is 5.64. The van der Waals surface area contributed by atoms with Gasteiger partial charge in [0.05, 0.1) is 0 Å². The zero-order valence-electron chi connectivity index (χ0n) is 16.6. The monoisotopic (exact) mass is 360 g/mol. The van der Waals surface area contributed by atoms with E-state index in [2.05, 4.69) is 50.5 Å². The number of nitrogens with one attached hydrogen (secondary N) is 2. The number of benzene rings is 1. The first-order valence-corrected chi connectivity index (χ1v) is 10.7. The highest BCUT2D eigenvalue weighted by Crippen LogP contribution is 2.27. The topological polar surface area (TPSA) is 24.1 Å². The van der Waals surface area contributed by atoms with E-state index in [9.17, 15) is 0 Å². The van der Waals surface area contributed by atoms with Crippen LogP contribution in [0.3, 0.4) is 0 Å². The largest absolute Gasteiger partial charge is 0.360 e. The molecule has 2 rings (SSSR count). The van der Waals surface area contributed by atoms with Crippen LogP contribution in [0.1, 0.15) is 82.9 Å². The van der Waals surface area contributed by atoms with Gasteiger partial charge in [-0.05, 0) is 86.2 Å². The average molecular weight is 361 g/mol. The number of rotatable bonds is 7. The Kier molecular flexibility index (Phi) is 8.21. The molecule has 0 heterocycles. The fourth-order valence-electron chi connectivity index (χ4n) is 3.82. The molecule has 0 radical (unpaired) electrons. The molecule has 25 heavy (non-hydrogen) atoms. The second-order valence-corrected chi connectivity index (χ2v) is 8.06. The molecule has 0 aliphatic heterocycles. The molecule has 2 N–H and O–H groups in total. The van der Waals surface area contributed by atoms with Gasteiger partial charge in [0.1, 0.15) is 0 Å². The van der Waals surface area contributed by atoms with Crippen molar-refractivity contribution in [2.24, 2.45) is 5.92 Å². The van der Waals surface area contributed by atoms with E-state index in [0.717, 1.165) is 23.9 Å². The summed E-state index contributed by atoms with van der Waals surface area (Å²) in [7, 11) is 0. The normalized spacial score (nSPS) is 20.3. The van der Waals surface area contributed by atoms with Gasteiger partial charge >= 0.3 is 0 Å². The Bertz CT molecular complexity index is 534. The standard InChI is InChI=1S/C22H36N2S/c1-5-8-9-17-14-18(6-2)21(19(7-3)15-17)24-22(25)23-20-12-10-16(4)11-13-20/h14-16,20H,5-13H2,1-4H3,(H2,23,24,25). The lowest BCUT2D eigenvalue weighted by atomic mass is 9.87. The molecule has 0 bridgehead atoms. The van der Waals surface area contributed by atoms with Crippen LogP contribution in [0.5, 0.6) is 0 Å². The first-order valence-electron chi connectivity index (χ1n) is 10.3. The smallest absolute Gasteiger partial charge is 0.171 e. The molecule has 1 aliphatic carbocycles. The van der Waals surface area contributed by atoms with Crippen LogP contribution in [-0.2, 0) is 19.3 Å². The lowest BCUT2D eigenvalue weighted by molar-refractivity contribution is 0.332. The van der Waals surface area contributed by atoms with Gasteiger partial charge in [-0.25, -0.2) is 0 Å². The second kappa shape index (κ2) is 10.2. The van der Waals surface area contributed by atoms with Gasteiger partial charge in [0.15, 0.2) is 5.11 Å². The summed E-state index contributed by atoms with van der Waals surface area (Å²) < 4.78 is 0. The molecule has 1 aromatic rings. The van der Waals surface area contributed by atoms with E-state index in [4.69, 9.17) is 12.2 Å². The summed E-state index contributed by atoms with van der Waals surface area (Å²) in [5.74, 6) is 0.869. The van der Waals surface area contributed by atoms with Crippen molar-refractivity contribution in [3.05, 3.63) is 28.8 Å². The van der Waals surface area contributed by atoms with Crippen molar-refractivity contribution in [3.63, 3.8) is 0 Å². The highest BCUT2D eigenvalue weighted by Gasteiger charge is 2.19. The number of hydrogen-bond donors (Lipinski definition) is 2. The minimum Gasteiger partial charge on any atom is -0.360 e. The third-order valence-electron chi connectivity index (χ3n) is 5.53. The van der Waals surface area contributed by atoms with Gasteiger partial charge in [-0.3, -0.25) is 0 Å². The van der Waals surface area contributed by atoms with Gasteiger partial charge in [0.2, 0.25) is 0 Å². The predicted octanol–water partition coefficient (Wildman–Crippen LogP) is 6.02. The molecule has 140 valence electrons. The molecule has 0 saturated heterocycles. The number of hydrogen-bond acceptors (Lipinski definition) is 1. The quantitative estimate of drug-likeness (QED) is 0.581. The Balaban J connectivity index is 2.07. The zero-order valence-corrected chi connectivity index (χ0v) is 17.4. The second-order valence-electron chi connectivity index (χ2n) is 7.65. The fraction of sp³-hybridized carbons (Fsp3) is 0.682. The van der Waals surface area contributed by atoms with Crippen molar-refractivity contribution in [1.82, 2.24) is 5.32 Å². The fourth-order valence-corrected chi connectivity index (χ4v) is 4.09. The molecule has 1 aromatic carbocycles. The van der Waals surface area contributed by atoms with Crippen LogP contribution >= 0.6 is 12.2 Å². The van der Waals surface area contributed by atoms with E-state index in [1.165, 1.54) is 67.3 Å². The lowest BCUT2D eigenvalue weighted by Crippen LogP contribution is -2.40. The summed E-state index contributed by atoms with van der Waals surface area (Å²) >= 11 is 5.64. The number of thiocarbonyl (C=S) groups is 1. The minimum atomic E-state index is 0.537. The molecule has 1 fully saturated rings. The molecule has 3 heteroatoms. The average Bonchev–Trinajstić information content (AvgIpc) is 2.62. The van der Waals surface area contributed by atoms with E-state index >= 15 is 0 Å². The van der Waals surface area contributed by atoms with Crippen molar-refractivity contribution in [2.45, 2.75) is 91.5 Å². The highest BCUT2D eigenvalue weighted by molar-refractivity contribution is 7.80. The third kappa shape index (κ3) is 5.99. The van der Waals surface area contributed by atoms with Crippen molar-refractivity contribution < 1.29 is 0 Å². The number of aryl methyl sites for hydroxylation is 3. The van der Waals surface area contributed by atoms with Crippen LogP contribution in [0.4, 0.5) is 5.69 Å². The first-order chi connectivity index (χ1) is 12.1. The van der Waals surface area contributed by atoms with Crippen LogP contribution in [-0.4, -0.2) is 11.2 Å². The maximum atomic E-state index is 5.64. The zero-order chi connectivity index (χ0) is 18.2. The van der Waals surface area contributed by atoms with Crippen LogP contribution in [0.15, 0.2) is 12.1 Å². The van der Waals surface area contributed by atoms with Crippen LogP contribution in [0, 0.1) is 5.92 Å². The molecular formula is C22H36N2S. The first kappa shape index (κ1) is 20.2. The summed E-state index contributed by atoms with van der Waals surface area (Å²) in [4.78, 5) is 0. The molecule has 0 atom stereocenters. The molecule has 0 amide bonds. The number of unbranched alkanes of at least 4 members (excludes halogenated alkanes) is 1. The minimum absolute atomic E-state index is 0.537. The van der Waals surface area contributed by atoms with Gasteiger partial charge in [0.25, 0.3) is 0 Å². The third-order valence-corrected chi connectivity index (χ3v) is 5.75. The van der Waals surface area contributed by atoms with Gasteiger partial charge in [-0.15, -0.1) is 0 Å². The predicted molar refractivity (Wildman–Crippen MR) is 115 cm³/mol. The number of anilines is 1. The van der Waals surface area contributed by atoms with Crippen molar-refractivity contribution >= 4 is 23.0 Å². The van der Waals surface area contributed by atoms with Crippen LogP contribution in [0.2, 0.25) is 0 Å². The lowest BCUT2D eigenvalue weighted by Gasteiger charge is -2.28. The summed E-state index contributed by atoms with van der Waals surface area (Å²) in [6.07, 6.45) is 10.9. The summed E-state index contributed by atoms with van der Waals surface area (Å²) in [6, 6.07) is 5.29. The SMILES string of the molecule is CCCCc1cc(CC)c(NC(=S)NC2CCC(C)CC2)c(CC)c1. The van der Waals surface area contributed by atoms with Crippen LogP contribution < -0.4 is 10.6 Å². The Hall–Kier alpha value is -1.09. The summed E-state index contributed by atoms with van der Waals surface area (Å²) in [5, 5.41) is 7.90. The molecular weight excluding hydrogens is 324 g/mol. The van der Waals surface area contributed by atoms with Gasteiger partial charge < -0.3 is 10.6 Å². The van der Waals surface area contributed by atoms with E-state index in [1.807, 2.05) is 0 Å². The Morgan fingerprint density at radius 1 is 1.04 bits per heavy atom. The summed E-state index contributed by atoms with van der Waals surface area (Å²) in [6.45, 7) is 9.09. The van der Waals surface area contributed by atoms with Crippen molar-refractivity contribution in [2.75, 3.05) is 5.32 Å². The van der Waals surface area contributed by atoms with Crippen LogP contribution in [0.25, 0.3) is 0 Å². The molecule has 0 unspecified atom stereocenters. The molecule has 1 saturated carbocycles. The maximum Gasteiger partial charge on any atom is 0.171 e. The van der Waals surface area contributed by atoms with Gasteiger partial charge in [-0.2, -0.15) is 0 Å². The Morgan fingerprint density at radius 3 is 2.16 bits per heavy atom. The van der Waals surface area contributed by atoms with Crippen molar-refractivity contribution in [3.8, 4) is 0 Å². The Labute approximate surface area is 160 Å². The van der Waals surface area contributed by atoms with E-state index in [-0.39, 0.29) is 0 Å². The van der Waals surface area contributed by atoms with Gasteiger partial charge in [0, 0.05) is 11.7 Å². The summed E-state index contributed by atoms with van der Waals surface area (Å²) in [5.41, 5.74) is 5.51. The molecule has 0 spiro atoms.